The van der Waals surface area contributed by atoms with Crippen LogP contribution >= 0.6 is 0 Å². The fraction of sp³-hybridized carbons (Fsp3) is 0.462. The zero-order valence-electron chi connectivity index (χ0n) is 20.3. The molecule has 2 fully saturated rings. The number of amides is 2. The van der Waals surface area contributed by atoms with Crippen molar-refractivity contribution in [3.8, 4) is 11.5 Å². The largest absolute Gasteiger partial charge is 0.497 e. The Kier molecular flexibility index (Phi) is 8.20. The van der Waals surface area contributed by atoms with Crippen molar-refractivity contribution in [3.63, 3.8) is 0 Å². The molecule has 188 valence electrons. The number of methoxy groups -OCH3 is 2. The number of nitrogens with zero attached hydrogens (tertiary/aromatic N) is 3. The van der Waals surface area contributed by atoms with E-state index in [2.05, 4.69) is 10.2 Å². The minimum atomic E-state index is -0.341. The summed E-state index contributed by atoms with van der Waals surface area (Å²) >= 11 is 0. The zero-order chi connectivity index (χ0) is 24.8. The van der Waals surface area contributed by atoms with Crippen LogP contribution in [0.4, 0.5) is 10.1 Å². The van der Waals surface area contributed by atoms with Crippen LogP contribution in [0.15, 0.2) is 42.5 Å². The Hall–Kier alpha value is -3.17. The van der Waals surface area contributed by atoms with Crippen molar-refractivity contribution >= 4 is 17.5 Å². The molecule has 35 heavy (non-hydrogen) atoms. The molecular weight excluding hydrogens is 451 g/mol. The van der Waals surface area contributed by atoms with E-state index < -0.39 is 0 Å². The lowest BCUT2D eigenvalue weighted by atomic mass is 10.0. The van der Waals surface area contributed by atoms with Crippen LogP contribution in [0.3, 0.4) is 0 Å². The Morgan fingerprint density at radius 2 is 1.71 bits per heavy atom. The Bertz CT molecular complexity index is 1020. The Labute approximate surface area is 205 Å². The lowest BCUT2D eigenvalue weighted by Crippen LogP contribution is -2.52. The lowest BCUT2D eigenvalue weighted by molar-refractivity contribution is -0.134. The first-order valence-electron chi connectivity index (χ1n) is 12.0. The number of benzene rings is 2. The number of likely N-dealkylation sites (tertiary alicyclic amines) is 1. The van der Waals surface area contributed by atoms with Gasteiger partial charge in [0.2, 0.25) is 11.8 Å². The molecule has 1 N–H and O–H groups in total. The summed E-state index contributed by atoms with van der Waals surface area (Å²) in [4.78, 5) is 31.6. The number of halogens is 1. The topological polar surface area (TPSA) is 74.4 Å². The second kappa shape index (κ2) is 11.5. The molecule has 2 aromatic carbocycles. The van der Waals surface area contributed by atoms with E-state index in [4.69, 9.17) is 9.47 Å². The normalized spacial score (nSPS) is 18.9. The number of carbonyl (C=O) groups excluding carboxylic acids is 2. The smallest absolute Gasteiger partial charge is 0.238 e. The molecule has 2 aliphatic heterocycles. The fourth-order valence-corrected chi connectivity index (χ4v) is 4.83. The second-order valence-electron chi connectivity index (χ2n) is 8.95. The third kappa shape index (κ3) is 6.29. The number of hydrogen-bond donors (Lipinski definition) is 1. The van der Waals surface area contributed by atoms with Crippen molar-refractivity contribution in [3.05, 3.63) is 53.8 Å². The van der Waals surface area contributed by atoms with Crippen molar-refractivity contribution in [2.24, 2.45) is 0 Å². The number of piperazine rings is 1. The summed E-state index contributed by atoms with van der Waals surface area (Å²) in [5.74, 6) is 1.15. The maximum atomic E-state index is 13.1. The first-order valence-corrected chi connectivity index (χ1v) is 12.0. The van der Waals surface area contributed by atoms with E-state index >= 15 is 0 Å². The van der Waals surface area contributed by atoms with Crippen LogP contribution in [0.1, 0.15) is 24.4 Å². The predicted octanol–water partition coefficient (Wildman–Crippen LogP) is 2.76. The number of anilines is 1. The Morgan fingerprint density at radius 3 is 2.40 bits per heavy atom. The molecule has 0 bridgehead atoms. The summed E-state index contributed by atoms with van der Waals surface area (Å²) in [5.41, 5.74) is 1.65. The van der Waals surface area contributed by atoms with Gasteiger partial charge in [0.25, 0.3) is 0 Å². The molecule has 1 atom stereocenters. The number of ether oxygens (including phenoxy) is 2. The molecule has 2 amide bonds. The molecule has 0 spiro atoms. The van der Waals surface area contributed by atoms with Gasteiger partial charge in [0.1, 0.15) is 17.3 Å². The van der Waals surface area contributed by atoms with Crippen LogP contribution in [-0.4, -0.2) is 86.5 Å². The van der Waals surface area contributed by atoms with Gasteiger partial charge in [-0.1, -0.05) is 6.07 Å². The summed E-state index contributed by atoms with van der Waals surface area (Å²) in [6.07, 6.45) is 2.01. The van der Waals surface area contributed by atoms with Crippen molar-refractivity contribution in [1.29, 1.82) is 0 Å². The number of carbonyl (C=O) groups is 2. The average molecular weight is 485 g/mol. The van der Waals surface area contributed by atoms with Gasteiger partial charge in [-0.25, -0.2) is 4.39 Å². The van der Waals surface area contributed by atoms with E-state index in [-0.39, 0.29) is 30.2 Å². The van der Waals surface area contributed by atoms with Crippen molar-refractivity contribution in [2.45, 2.75) is 18.9 Å². The summed E-state index contributed by atoms with van der Waals surface area (Å²) in [6, 6.07) is 11.7. The van der Waals surface area contributed by atoms with Gasteiger partial charge in [-0.05, 0) is 49.7 Å². The molecule has 8 nitrogen and oxygen atoms in total. The van der Waals surface area contributed by atoms with E-state index in [0.717, 1.165) is 36.4 Å². The molecule has 2 aromatic rings. The SMILES string of the molecule is COc1ccc(C2CCCN2CC(=O)N2CCN(CC(=O)Nc3ccc(F)cc3)CC2)c(OC)c1. The van der Waals surface area contributed by atoms with Gasteiger partial charge in [-0.3, -0.25) is 19.4 Å². The molecule has 1 unspecified atom stereocenters. The molecule has 0 aromatic heterocycles. The Morgan fingerprint density at radius 1 is 0.971 bits per heavy atom. The first-order chi connectivity index (χ1) is 17.0. The van der Waals surface area contributed by atoms with E-state index in [9.17, 15) is 14.0 Å². The van der Waals surface area contributed by atoms with Gasteiger partial charge in [0.15, 0.2) is 0 Å². The third-order valence-corrected chi connectivity index (χ3v) is 6.72. The molecular formula is C26H33FN4O4. The van der Waals surface area contributed by atoms with Gasteiger partial charge < -0.3 is 19.7 Å². The lowest BCUT2D eigenvalue weighted by Gasteiger charge is -2.36. The number of hydrogen-bond acceptors (Lipinski definition) is 6. The molecule has 2 aliphatic rings. The minimum absolute atomic E-state index is 0.111. The molecule has 2 saturated heterocycles. The van der Waals surface area contributed by atoms with E-state index in [0.29, 0.717) is 38.4 Å². The molecule has 2 heterocycles. The maximum Gasteiger partial charge on any atom is 0.238 e. The molecule has 0 aliphatic carbocycles. The third-order valence-electron chi connectivity index (χ3n) is 6.72. The standard InChI is InChI=1S/C26H33FN4O4/c1-34-21-9-10-22(24(16-21)35-2)23-4-3-11-31(23)18-26(33)30-14-12-29(13-15-30)17-25(32)28-20-7-5-19(27)6-8-20/h5-10,16,23H,3-4,11-15,17-18H2,1-2H3,(H,28,32). The Balaban J connectivity index is 1.27. The van der Waals surface area contributed by atoms with Crippen molar-refractivity contribution in [2.75, 3.05) is 65.3 Å². The van der Waals surface area contributed by atoms with E-state index in [1.54, 1.807) is 14.2 Å². The number of rotatable bonds is 8. The number of nitrogens with one attached hydrogen (secondary N) is 1. The van der Waals surface area contributed by atoms with Gasteiger partial charge in [-0.2, -0.15) is 0 Å². The highest BCUT2D eigenvalue weighted by molar-refractivity contribution is 5.92. The highest BCUT2D eigenvalue weighted by atomic mass is 19.1. The van der Waals surface area contributed by atoms with Gasteiger partial charge in [0, 0.05) is 49.5 Å². The monoisotopic (exact) mass is 484 g/mol. The highest BCUT2D eigenvalue weighted by Gasteiger charge is 2.32. The fourth-order valence-electron chi connectivity index (χ4n) is 4.83. The zero-order valence-corrected chi connectivity index (χ0v) is 20.3. The van der Waals surface area contributed by atoms with Crippen LogP contribution in [0.5, 0.6) is 11.5 Å². The predicted molar refractivity (Wildman–Crippen MR) is 131 cm³/mol. The van der Waals surface area contributed by atoms with Crippen molar-refractivity contribution in [1.82, 2.24) is 14.7 Å². The quantitative estimate of drug-likeness (QED) is 0.621. The molecule has 0 saturated carbocycles. The summed E-state index contributed by atoms with van der Waals surface area (Å²) in [5, 5.41) is 2.78. The summed E-state index contributed by atoms with van der Waals surface area (Å²) in [7, 11) is 3.29. The molecule has 0 radical (unpaired) electrons. The van der Waals surface area contributed by atoms with Gasteiger partial charge in [0.05, 0.1) is 27.3 Å². The van der Waals surface area contributed by atoms with Crippen LogP contribution in [0, 0.1) is 5.82 Å². The van der Waals surface area contributed by atoms with Gasteiger partial charge in [-0.15, -0.1) is 0 Å². The first kappa shape index (κ1) is 24.9. The van der Waals surface area contributed by atoms with Crippen LogP contribution in [-0.2, 0) is 9.59 Å². The highest BCUT2D eigenvalue weighted by Crippen LogP contribution is 2.38. The van der Waals surface area contributed by atoms with E-state index in [1.807, 2.05) is 28.0 Å². The van der Waals surface area contributed by atoms with Gasteiger partial charge >= 0.3 is 0 Å². The maximum absolute atomic E-state index is 13.1. The average Bonchev–Trinajstić information content (AvgIpc) is 3.33. The van der Waals surface area contributed by atoms with Crippen LogP contribution in [0.2, 0.25) is 0 Å². The van der Waals surface area contributed by atoms with Crippen LogP contribution < -0.4 is 14.8 Å². The van der Waals surface area contributed by atoms with Crippen LogP contribution in [0.25, 0.3) is 0 Å². The second-order valence-corrected chi connectivity index (χ2v) is 8.95. The molecule has 4 rings (SSSR count). The summed E-state index contributed by atoms with van der Waals surface area (Å²) < 4.78 is 23.9. The molecule has 9 heteroatoms. The van der Waals surface area contributed by atoms with E-state index in [1.165, 1.54) is 24.3 Å². The van der Waals surface area contributed by atoms with Crippen molar-refractivity contribution < 1.29 is 23.5 Å². The summed E-state index contributed by atoms with van der Waals surface area (Å²) in [6.45, 7) is 3.93. The minimum Gasteiger partial charge on any atom is -0.497 e.